The number of likely N-dealkylation sites (tertiary alicyclic amines) is 2. The molecule has 7 nitrogen and oxygen atoms in total. The summed E-state index contributed by atoms with van der Waals surface area (Å²) in [5, 5.41) is 2.94. The summed E-state index contributed by atoms with van der Waals surface area (Å²) in [4.78, 5) is 26.2. The summed E-state index contributed by atoms with van der Waals surface area (Å²) in [6.07, 6.45) is 8.70. The maximum Gasteiger partial charge on any atom is 0.327 e. The zero-order valence-electron chi connectivity index (χ0n) is 22.9. The molecule has 2 saturated heterocycles. The van der Waals surface area contributed by atoms with Crippen molar-refractivity contribution < 1.29 is 9.53 Å². The number of ether oxygens (including phenoxy) is 1. The van der Waals surface area contributed by atoms with Crippen LogP contribution in [-0.4, -0.2) is 52.5 Å². The summed E-state index contributed by atoms with van der Waals surface area (Å²) < 4.78 is 6.18. The van der Waals surface area contributed by atoms with E-state index in [1.165, 1.54) is 24.8 Å². The van der Waals surface area contributed by atoms with Gasteiger partial charge in [0.25, 0.3) is 0 Å². The minimum atomic E-state index is -0.162. The molecule has 0 atom stereocenters. The Kier molecular flexibility index (Phi) is 6.85. The van der Waals surface area contributed by atoms with Gasteiger partial charge in [-0.05, 0) is 88.8 Å². The van der Waals surface area contributed by atoms with Crippen molar-refractivity contribution in [2.24, 2.45) is 5.41 Å². The van der Waals surface area contributed by atoms with E-state index in [4.69, 9.17) is 4.74 Å². The van der Waals surface area contributed by atoms with E-state index in [-0.39, 0.29) is 11.4 Å². The second kappa shape index (κ2) is 10.5. The zero-order chi connectivity index (χ0) is 27.0. The van der Waals surface area contributed by atoms with Crippen LogP contribution in [0.2, 0.25) is 0 Å². The molecule has 0 bridgehead atoms. The number of hydrogen-bond acceptors (Lipinski definition) is 5. The molecule has 6 rings (SSSR count). The number of pyridine rings is 2. The van der Waals surface area contributed by atoms with Gasteiger partial charge in [-0.15, -0.1) is 0 Å². The number of aryl methyl sites for hydroxylation is 1. The van der Waals surface area contributed by atoms with Crippen LogP contribution < -0.4 is 10.1 Å². The Labute approximate surface area is 230 Å². The first-order valence-corrected chi connectivity index (χ1v) is 14.1. The number of anilines is 1. The van der Waals surface area contributed by atoms with E-state index in [0.29, 0.717) is 28.9 Å². The number of carbonyl (C=O) groups excluding carboxylic acids is 1. The van der Waals surface area contributed by atoms with Crippen LogP contribution in [-0.2, 0) is 0 Å². The largest absolute Gasteiger partial charge is 0.455 e. The van der Waals surface area contributed by atoms with Crippen LogP contribution in [0.4, 0.5) is 10.6 Å². The molecule has 3 aromatic rings. The third-order valence-electron chi connectivity index (χ3n) is 8.94. The van der Waals surface area contributed by atoms with Gasteiger partial charge in [0, 0.05) is 35.5 Å². The number of amides is 2. The van der Waals surface area contributed by atoms with Crippen LogP contribution in [0, 0.1) is 12.3 Å². The average Bonchev–Trinajstić information content (AvgIpc) is 3.29. The molecule has 1 aliphatic carbocycles. The van der Waals surface area contributed by atoms with Gasteiger partial charge in [-0.25, -0.2) is 9.78 Å². The average molecular weight is 524 g/mol. The van der Waals surface area contributed by atoms with Crippen molar-refractivity contribution >= 4 is 11.8 Å². The predicted octanol–water partition coefficient (Wildman–Crippen LogP) is 6.98. The maximum absolute atomic E-state index is 12.9. The van der Waals surface area contributed by atoms with E-state index >= 15 is 0 Å². The van der Waals surface area contributed by atoms with E-state index in [1.54, 1.807) is 17.2 Å². The third-order valence-corrected chi connectivity index (χ3v) is 8.94. The molecule has 2 amide bonds. The van der Waals surface area contributed by atoms with Gasteiger partial charge in [0.15, 0.2) is 0 Å². The lowest BCUT2D eigenvalue weighted by Crippen LogP contribution is -2.35. The lowest BCUT2D eigenvalue weighted by molar-refractivity contribution is 0.188. The Morgan fingerprint density at radius 3 is 2.49 bits per heavy atom. The van der Waals surface area contributed by atoms with Crippen molar-refractivity contribution in [3.63, 3.8) is 0 Å². The van der Waals surface area contributed by atoms with Crippen LogP contribution in [0.1, 0.15) is 55.7 Å². The molecule has 1 N–H and O–H groups in total. The van der Waals surface area contributed by atoms with Crippen molar-refractivity contribution in [1.29, 1.82) is 0 Å². The highest BCUT2D eigenvalue weighted by Crippen LogP contribution is 2.54. The summed E-state index contributed by atoms with van der Waals surface area (Å²) >= 11 is 0. The Balaban J connectivity index is 1.10. The summed E-state index contributed by atoms with van der Waals surface area (Å²) in [7, 11) is 2.19. The number of allylic oxidation sites excluding steroid dienone is 1. The molecule has 2 aromatic heterocycles. The van der Waals surface area contributed by atoms with Crippen LogP contribution in [0.25, 0.3) is 11.3 Å². The quantitative estimate of drug-likeness (QED) is 0.391. The number of carbonyl (C=O) groups is 1. The lowest BCUT2D eigenvalue weighted by atomic mass is 9.66. The Hall–Kier alpha value is -3.71. The Morgan fingerprint density at radius 2 is 1.82 bits per heavy atom. The standard InChI is InChI=1S/C32H37N5O2/c1-22-29(9-10-30(34-22)35-31(38)37-20-16-32(23(37)2)14-4-15-32)39-27-11-17-33-28(21-27)26-7-5-24(6-8-26)25-12-18-36(3)19-13-25/h5-11,17,21,25H,2,4,12-16,18-20H2,1,3H3,(H,34,35,38). The van der Waals surface area contributed by atoms with E-state index in [0.717, 1.165) is 55.9 Å². The van der Waals surface area contributed by atoms with Gasteiger partial charge in [0.1, 0.15) is 17.3 Å². The smallest absolute Gasteiger partial charge is 0.327 e. The van der Waals surface area contributed by atoms with E-state index < -0.39 is 0 Å². The fraction of sp³-hybridized carbons (Fsp3) is 0.406. The fourth-order valence-electron chi connectivity index (χ4n) is 6.19. The van der Waals surface area contributed by atoms with Gasteiger partial charge in [-0.2, -0.15) is 0 Å². The summed E-state index contributed by atoms with van der Waals surface area (Å²) in [5.41, 5.74) is 5.14. The van der Waals surface area contributed by atoms with Crippen molar-refractivity contribution in [2.75, 3.05) is 32.0 Å². The highest BCUT2D eigenvalue weighted by Gasteiger charge is 2.47. The SMILES string of the molecule is C=C1N(C(=O)Nc2ccc(Oc3ccnc(-c4ccc(C5CCN(C)CC5)cc4)c3)c(C)n2)CCC12CCC2. The molecule has 1 aromatic carbocycles. The number of urea groups is 1. The Morgan fingerprint density at radius 1 is 1.05 bits per heavy atom. The number of benzene rings is 1. The van der Waals surface area contributed by atoms with E-state index in [1.807, 2.05) is 25.1 Å². The van der Waals surface area contributed by atoms with Crippen molar-refractivity contribution in [1.82, 2.24) is 19.8 Å². The van der Waals surface area contributed by atoms with Crippen molar-refractivity contribution in [3.8, 4) is 22.8 Å². The minimum absolute atomic E-state index is 0.149. The number of hydrogen-bond donors (Lipinski definition) is 1. The third kappa shape index (κ3) is 5.15. The molecule has 202 valence electrons. The number of nitrogens with zero attached hydrogens (tertiary/aromatic N) is 4. The molecule has 0 radical (unpaired) electrons. The van der Waals surface area contributed by atoms with Gasteiger partial charge in [0.05, 0.1) is 11.4 Å². The molecule has 3 aliphatic rings. The summed E-state index contributed by atoms with van der Waals surface area (Å²) in [5.74, 6) is 2.48. The number of nitrogens with one attached hydrogen (secondary N) is 1. The maximum atomic E-state index is 12.9. The molecule has 2 aliphatic heterocycles. The normalized spacial score (nSPS) is 19.2. The molecule has 39 heavy (non-hydrogen) atoms. The molecule has 4 heterocycles. The molecule has 1 spiro atoms. The minimum Gasteiger partial charge on any atom is -0.455 e. The second-order valence-corrected chi connectivity index (χ2v) is 11.4. The van der Waals surface area contributed by atoms with Gasteiger partial charge in [-0.1, -0.05) is 37.3 Å². The number of piperidine rings is 1. The first-order chi connectivity index (χ1) is 18.9. The molecule has 0 unspecified atom stereocenters. The molecule has 3 fully saturated rings. The highest BCUT2D eigenvalue weighted by molar-refractivity contribution is 5.90. The summed E-state index contributed by atoms with van der Waals surface area (Å²) in [6, 6.07) is 16.1. The van der Waals surface area contributed by atoms with Gasteiger partial charge in [0.2, 0.25) is 0 Å². The van der Waals surface area contributed by atoms with E-state index in [9.17, 15) is 4.79 Å². The van der Waals surface area contributed by atoms with Crippen LogP contribution in [0.15, 0.2) is 67.0 Å². The van der Waals surface area contributed by atoms with Gasteiger partial charge in [-0.3, -0.25) is 15.2 Å². The topological polar surface area (TPSA) is 70.6 Å². The highest BCUT2D eigenvalue weighted by atomic mass is 16.5. The number of rotatable bonds is 5. The number of aromatic nitrogens is 2. The predicted molar refractivity (Wildman–Crippen MR) is 154 cm³/mol. The van der Waals surface area contributed by atoms with Gasteiger partial charge >= 0.3 is 6.03 Å². The summed E-state index contributed by atoms with van der Waals surface area (Å²) in [6.45, 7) is 9.14. The second-order valence-electron chi connectivity index (χ2n) is 11.4. The molecular formula is C32H37N5O2. The zero-order valence-corrected chi connectivity index (χ0v) is 22.9. The monoisotopic (exact) mass is 523 g/mol. The van der Waals surface area contributed by atoms with Gasteiger partial charge < -0.3 is 9.64 Å². The van der Waals surface area contributed by atoms with E-state index in [2.05, 4.69) is 58.1 Å². The molecular weight excluding hydrogens is 486 g/mol. The van der Waals surface area contributed by atoms with Crippen LogP contribution in [0.3, 0.4) is 0 Å². The molecule has 7 heteroatoms. The fourth-order valence-corrected chi connectivity index (χ4v) is 6.19. The first kappa shape index (κ1) is 25.6. The van der Waals surface area contributed by atoms with Crippen LogP contribution >= 0.6 is 0 Å². The first-order valence-electron chi connectivity index (χ1n) is 14.1. The Bertz CT molecular complexity index is 1370. The van der Waals surface area contributed by atoms with Crippen LogP contribution in [0.5, 0.6) is 11.5 Å². The molecule has 1 saturated carbocycles. The van der Waals surface area contributed by atoms with Crippen molar-refractivity contribution in [2.45, 2.75) is 51.4 Å². The lowest BCUT2D eigenvalue weighted by Gasteiger charge is -2.39. The van der Waals surface area contributed by atoms with Crippen molar-refractivity contribution in [3.05, 3.63) is 78.3 Å².